The Morgan fingerprint density at radius 2 is 2.00 bits per heavy atom. The number of hydrogen-bond acceptors (Lipinski definition) is 8. The molecule has 4 N–H and O–H groups in total. The topological polar surface area (TPSA) is 123 Å². The van der Waals surface area contributed by atoms with Crippen LogP contribution in [0, 0.1) is 0 Å². The number of quaternary nitrogens is 1. The summed E-state index contributed by atoms with van der Waals surface area (Å²) < 4.78 is 2.57. The minimum atomic E-state index is 0.419. The van der Waals surface area contributed by atoms with Crippen molar-refractivity contribution in [3.05, 3.63) is 29.6 Å². The number of fused-ring (bicyclic) bond motifs is 1. The first-order valence-electron chi connectivity index (χ1n) is 10.1. The average Bonchev–Trinajstić information content (AvgIpc) is 3.31. The highest BCUT2D eigenvalue weighted by molar-refractivity contribution is 6.39. The van der Waals surface area contributed by atoms with Crippen molar-refractivity contribution in [1.29, 1.82) is 0 Å². The molecule has 0 saturated carbocycles. The molecule has 2 aliphatic rings. The summed E-state index contributed by atoms with van der Waals surface area (Å²) in [5.41, 5.74) is 14.7. The number of nitrogen functional groups attached to an aromatic ring is 2. The molecule has 30 heavy (non-hydrogen) atoms. The molecular formula is C20H29N10+. The Kier molecular flexibility index (Phi) is 5.02. The second-order valence-electron chi connectivity index (χ2n) is 8.49. The van der Waals surface area contributed by atoms with E-state index in [-0.39, 0.29) is 0 Å². The van der Waals surface area contributed by atoms with Gasteiger partial charge in [0.1, 0.15) is 11.8 Å². The van der Waals surface area contributed by atoms with Gasteiger partial charge in [0.15, 0.2) is 22.9 Å². The molecule has 1 saturated heterocycles. The monoisotopic (exact) mass is 409 g/mol. The van der Waals surface area contributed by atoms with Crippen molar-refractivity contribution in [2.24, 2.45) is 15.1 Å². The Hall–Kier alpha value is -3.27. The number of aliphatic imine (C=N–C) groups is 1. The maximum absolute atomic E-state index is 6.27. The number of likely N-dealkylation sites (N-methyl/N-ethyl adjacent to an activating group) is 1. The lowest BCUT2D eigenvalue weighted by Gasteiger charge is -2.31. The van der Waals surface area contributed by atoms with Gasteiger partial charge in [-0.15, -0.1) is 0 Å². The van der Waals surface area contributed by atoms with Gasteiger partial charge in [-0.3, -0.25) is 4.99 Å². The van der Waals surface area contributed by atoms with Gasteiger partial charge in [-0.25, -0.2) is 19.6 Å². The van der Waals surface area contributed by atoms with Crippen LogP contribution in [0.2, 0.25) is 0 Å². The molecule has 0 radical (unpaired) electrons. The Morgan fingerprint density at radius 1 is 1.20 bits per heavy atom. The molecular weight excluding hydrogens is 380 g/mol. The fourth-order valence-corrected chi connectivity index (χ4v) is 3.73. The lowest BCUT2D eigenvalue weighted by atomic mass is 10.2. The van der Waals surface area contributed by atoms with Gasteiger partial charge in [0.2, 0.25) is 0 Å². The van der Waals surface area contributed by atoms with Crippen molar-refractivity contribution in [2.75, 3.05) is 57.1 Å². The first-order valence-corrected chi connectivity index (χ1v) is 10.1. The highest BCUT2D eigenvalue weighted by Gasteiger charge is 2.33. The third-order valence-electron chi connectivity index (χ3n) is 5.48. The maximum Gasteiger partial charge on any atom is 0.183 e. The van der Waals surface area contributed by atoms with Crippen LogP contribution in [0.1, 0.15) is 19.2 Å². The van der Waals surface area contributed by atoms with E-state index in [1.807, 2.05) is 19.2 Å². The summed E-state index contributed by atoms with van der Waals surface area (Å²) >= 11 is 0. The van der Waals surface area contributed by atoms with Crippen molar-refractivity contribution in [3.63, 3.8) is 0 Å². The van der Waals surface area contributed by atoms with Gasteiger partial charge in [-0.2, -0.15) is 5.10 Å². The Morgan fingerprint density at radius 3 is 2.70 bits per heavy atom. The van der Waals surface area contributed by atoms with Crippen LogP contribution in [-0.2, 0) is 0 Å². The SMILES string of the molecule is CCN=c1ccn2c(n1)C(=Nc1nc(N3CCC([N+](C)(C)C)C3)c(N)cc1N)C=N2. The molecule has 0 amide bonds. The zero-order valence-electron chi connectivity index (χ0n) is 17.9. The Labute approximate surface area is 175 Å². The van der Waals surface area contributed by atoms with Crippen LogP contribution in [0.3, 0.4) is 0 Å². The summed E-state index contributed by atoms with van der Waals surface area (Å²) in [6.45, 7) is 4.42. The van der Waals surface area contributed by atoms with Crippen molar-refractivity contribution < 1.29 is 4.48 Å². The van der Waals surface area contributed by atoms with Gasteiger partial charge in [0.05, 0.1) is 45.3 Å². The first-order chi connectivity index (χ1) is 14.3. The second kappa shape index (κ2) is 7.52. The van der Waals surface area contributed by atoms with E-state index in [1.54, 1.807) is 17.0 Å². The number of rotatable bonds is 4. The quantitative estimate of drug-likeness (QED) is 0.717. The number of nitrogens with two attached hydrogens (primary N) is 2. The third-order valence-corrected chi connectivity index (χ3v) is 5.48. The fraction of sp³-hybridized carbons (Fsp3) is 0.450. The zero-order valence-corrected chi connectivity index (χ0v) is 17.9. The van der Waals surface area contributed by atoms with Crippen molar-refractivity contribution in [1.82, 2.24) is 14.6 Å². The predicted molar refractivity (Wildman–Crippen MR) is 120 cm³/mol. The third kappa shape index (κ3) is 3.78. The molecule has 4 rings (SSSR count). The van der Waals surface area contributed by atoms with Gasteiger partial charge in [0.25, 0.3) is 0 Å². The molecule has 1 atom stereocenters. The molecule has 4 heterocycles. The Bertz CT molecular complexity index is 1090. The second-order valence-corrected chi connectivity index (χ2v) is 8.49. The van der Waals surface area contributed by atoms with Gasteiger partial charge >= 0.3 is 0 Å². The maximum atomic E-state index is 6.27. The molecule has 0 bridgehead atoms. The lowest BCUT2D eigenvalue weighted by molar-refractivity contribution is -0.893. The standard InChI is InChI=1S/C20H29N10/c1-5-23-17-7-9-29-20(26-17)16(11-24-29)25-18-14(21)10-15(22)19(27-18)28-8-6-13(12-28)30(2,3)4/h7,9-11,13H,5-6,8,12,21-22H2,1-4H3/q+1. The largest absolute Gasteiger partial charge is 0.396 e. The van der Waals surface area contributed by atoms with E-state index in [9.17, 15) is 0 Å². The van der Waals surface area contributed by atoms with Crippen molar-refractivity contribution >= 4 is 34.9 Å². The average molecular weight is 410 g/mol. The molecule has 10 nitrogen and oxygen atoms in total. The minimum absolute atomic E-state index is 0.419. The zero-order chi connectivity index (χ0) is 21.5. The smallest absolute Gasteiger partial charge is 0.183 e. The molecule has 1 fully saturated rings. The van der Waals surface area contributed by atoms with Crippen LogP contribution >= 0.6 is 0 Å². The van der Waals surface area contributed by atoms with E-state index < -0.39 is 0 Å². The summed E-state index contributed by atoms with van der Waals surface area (Å²) in [7, 11) is 6.64. The molecule has 158 valence electrons. The number of hydrogen-bond donors (Lipinski definition) is 2. The molecule has 0 spiro atoms. The fourth-order valence-electron chi connectivity index (χ4n) is 3.73. The number of nitrogens with zero attached hydrogens (tertiary/aromatic N) is 8. The van der Waals surface area contributed by atoms with E-state index >= 15 is 0 Å². The van der Waals surface area contributed by atoms with E-state index in [1.165, 1.54) is 0 Å². The van der Waals surface area contributed by atoms with Crippen molar-refractivity contribution in [2.45, 2.75) is 19.4 Å². The summed E-state index contributed by atoms with van der Waals surface area (Å²) in [5.74, 6) is 1.75. The van der Waals surface area contributed by atoms with Crippen LogP contribution in [-0.4, -0.2) is 77.9 Å². The molecule has 1 unspecified atom stereocenters. The number of aromatic nitrogens is 3. The van der Waals surface area contributed by atoms with Crippen LogP contribution < -0.4 is 21.9 Å². The number of pyridine rings is 1. The lowest BCUT2D eigenvalue weighted by Crippen LogP contribution is -2.46. The normalized spacial score (nSPS) is 20.4. The highest BCUT2D eigenvalue weighted by Crippen LogP contribution is 2.33. The predicted octanol–water partition coefficient (Wildman–Crippen LogP) is 0.616. The molecule has 10 heteroatoms. The molecule has 0 aliphatic carbocycles. The highest BCUT2D eigenvalue weighted by atomic mass is 15.4. The Balaban J connectivity index is 1.69. The van der Waals surface area contributed by atoms with Gasteiger partial charge < -0.3 is 20.9 Å². The summed E-state index contributed by atoms with van der Waals surface area (Å²) in [5, 5.41) is 4.31. The van der Waals surface area contributed by atoms with Gasteiger partial charge in [0, 0.05) is 31.8 Å². The number of anilines is 3. The summed E-state index contributed by atoms with van der Waals surface area (Å²) in [6.07, 6.45) is 4.55. The molecule has 2 aromatic heterocycles. The van der Waals surface area contributed by atoms with E-state index in [0.717, 1.165) is 29.8 Å². The minimum Gasteiger partial charge on any atom is -0.396 e. The van der Waals surface area contributed by atoms with E-state index in [4.69, 9.17) is 16.5 Å². The van der Waals surface area contributed by atoms with Gasteiger partial charge in [-0.1, -0.05) is 0 Å². The van der Waals surface area contributed by atoms with E-state index in [2.05, 4.69) is 46.1 Å². The van der Waals surface area contributed by atoms with Crippen LogP contribution in [0.5, 0.6) is 0 Å². The first kappa shape index (κ1) is 20.0. The van der Waals surface area contributed by atoms with Crippen LogP contribution in [0.25, 0.3) is 0 Å². The molecule has 2 aromatic rings. The van der Waals surface area contributed by atoms with Crippen molar-refractivity contribution in [3.8, 4) is 0 Å². The molecule has 2 aliphatic heterocycles. The van der Waals surface area contributed by atoms with Gasteiger partial charge in [-0.05, 0) is 13.0 Å². The molecule has 0 aromatic carbocycles. The summed E-state index contributed by atoms with van der Waals surface area (Å²) in [4.78, 5) is 20.5. The summed E-state index contributed by atoms with van der Waals surface area (Å²) in [6, 6.07) is 4.07. The van der Waals surface area contributed by atoms with E-state index in [0.29, 0.717) is 46.8 Å². The van der Waals surface area contributed by atoms with Crippen LogP contribution in [0.15, 0.2) is 33.4 Å². The van der Waals surface area contributed by atoms with Crippen LogP contribution in [0.4, 0.5) is 23.0 Å².